The van der Waals surface area contributed by atoms with Crippen LogP contribution in [0.1, 0.15) is 31.3 Å². The largest absolute Gasteiger partial charge is 0.323 e. The monoisotopic (exact) mass is 282 g/mol. The number of thioether (sulfide) groups is 1. The van der Waals surface area contributed by atoms with Crippen molar-refractivity contribution in [2.75, 3.05) is 11.5 Å². The van der Waals surface area contributed by atoms with Crippen molar-refractivity contribution in [3.63, 3.8) is 0 Å². The van der Waals surface area contributed by atoms with E-state index in [1.165, 1.54) is 11.1 Å². The maximum atomic E-state index is 6.03. The van der Waals surface area contributed by atoms with Crippen LogP contribution < -0.4 is 0 Å². The summed E-state index contributed by atoms with van der Waals surface area (Å²) in [6.07, 6.45) is 0. The summed E-state index contributed by atoms with van der Waals surface area (Å²) < 4.78 is 2.29. The summed E-state index contributed by atoms with van der Waals surface area (Å²) in [5.41, 5.74) is 3.51. The van der Waals surface area contributed by atoms with Crippen molar-refractivity contribution in [3.8, 4) is 0 Å². The Kier molecular flexibility index (Phi) is 4.57. The molecule has 0 radical (unpaired) electrons. The third kappa shape index (κ3) is 2.67. The molecule has 4 heteroatoms. The molecule has 2 rings (SSSR count). The number of rotatable bonds is 5. The highest BCUT2D eigenvalue weighted by atomic mass is 35.5. The number of alkyl halides is 1. The number of hydrogen-bond donors (Lipinski definition) is 0. The summed E-state index contributed by atoms with van der Waals surface area (Å²) in [4.78, 5) is 4.62. The fourth-order valence-corrected chi connectivity index (χ4v) is 3.12. The lowest BCUT2D eigenvalue weighted by atomic mass is 10.2. The van der Waals surface area contributed by atoms with Gasteiger partial charge >= 0.3 is 0 Å². The molecule has 2 nitrogen and oxygen atoms in total. The van der Waals surface area contributed by atoms with Gasteiger partial charge in [0.15, 0.2) is 0 Å². The second-order valence-electron chi connectivity index (χ2n) is 4.53. The van der Waals surface area contributed by atoms with Crippen LogP contribution in [0.5, 0.6) is 0 Å². The van der Waals surface area contributed by atoms with Crippen molar-refractivity contribution in [3.05, 3.63) is 29.6 Å². The highest BCUT2D eigenvalue weighted by molar-refractivity contribution is 7.99. The second kappa shape index (κ2) is 5.98. The molecule has 0 N–H and O–H groups in total. The van der Waals surface area contributed by atoms with Crippen molar-refractivity contribution in [1.82, 2.24) is 9.55 Å². The van der Waals surface area contributed by atoms with Gasteiger partial charge in [0, 0.05) is 11.8 Å². The number of aryl methyl sites for hydroxylation is 1. The van der Waals surface area contributed by atoms with Crippen LogP contribution in [0.15, 0.2) is 18.2 Å². The minimum Gasteiger partial charge on any atom is -0.323 e. The number of aromatic nitrogens is 2. The lowest BCUT2D eigenvalue weighted by molar-refractivity contribution is 0.606. The van der Waals surface area contributed by atoms with Crippen molar-refractivity contribution in [2.24, 2.45) is 0 Å². The SMILES string of the molecule is CCSCC(C)n1c(CCl)nc2ccc(C)cc21. The normalized spacial score (nSPS) is 13.1. The highest BCUT2D eigenvalue weighted by Crippen LogP contribution is 2.25. The van der Waals surface area contributed by atoms with Gasteiger partial charge in [0.2, 0.25) is 0 Å². The first-order chi connectivity index (χ1) is 8.67. The molecular weight excluding hydrogens is 264 g/mol. The van der Waals surface area contributed by atoms with Gasteiger partial charge in [0.1, 0.15) is 5.82 Å². The Hall–Kier alpha value is -0.670. The van der Waals surface area contributed by atoms with E-state index in [2.05, 4.69) is 48.5 Å². The van der Waals surface area contributed by atoms with Crippen LogP contribution in [0.4, 0.5) is 0 Å². The number of benzene rings is 1. The van der Waals surface area contributed by atoms with Crippen LogP contribution in [0, 0.1) is 6.92 Å². The molecular formula is C14H19ClN2S. The van der Waals surface area contributed by atoms with E-state index >= 15 is 0 Å². The first-order valence-corrected chi connectivity index (χ1v) is 7.97. The molecule has 0 bridgehead atoms. The van der Waals surface area contributed by atoms with Crippen molar-refractivity contribution in [2.45, 2.75) is 32.7 Å². The van der Waals surface area contributed by atoms with E-state index in [9.17, 15) is 0 Å². The average molecular weight is 283 g/mol. The molecule has 0 aliphatic rings. The van der Waals surface area contributed by atoms with Crippen LogP contribution in [0.3, 0.4) is 0 Å². The number of halogens is 1. The Bertz CT molecular complexity index is 536. The molecule has 1 aromatic heterocycles. The minimum atomic E-state index is 0.426. The Morgan fingerprint density at radius 1 is 1.44 bits per heavy atom. The quantitative estimate of drug-likeness (QED) is 0.757. The van der Waals surface area contributed by atoms with Gasteiger partial charge in [-0.3, -0.25) is 0 Å². The first-order valence-electron chi connectivity index (χ1n) is 6.28. The molecule has 1 unspecified atom stereocenters. The van der Waals surface area contributed by atoms with E-state index in [-0.39, 0.29) is 0 Å². The predicted molar refractivity (Wildman–Crippen MR) is 81.7 cm³/mol. The smallest absolute Gasteiger partial charge is 0.125 e. The van der Waals surface area contributed by atoms with Crippen LogP contribution in [-0.2, 0) is 5.88 Å². The predicted octanol–water partition coefficient (Wildman–Crippen LogP) is 4.40. The summed E-state index contributed by atoms with van der Waals surface area (Å²) in [6, 6.07) is 6.81. The summed E-state index contributed by atoms with van der Waals surface area (Å²) in [5, 5.41) is 0. The summed E-state index contributed by atoms with van der Waals surface area (Å²) in [6.45, 7) is 6.54. The molecule has 0 saturated heterocycles. The topological polar surface area (TPSA) is 17.8 Å². The third-order valence-electron chi connectivity index (χ3n) is 3.04. The van der Waals surface area contributed by atoms with E-state index in [0.29, 0.717) is 11.9 Å². The van der Waals surface area contributed by atoms with Gasteiger partial charge in [-0.2, -0.15) is 11.8 Å². The molecule has 0 saturated carbocycles. The standard InChI is InChI=1S/C14H19ClN2S/c1-4-18-9-11(3)17-13-7-10(2)5-6-12(13)16-14(17)8-15/h5-7,11H,4,8-9H2,1-3H3. The molecule has 0 fully saturated rings. The van der Waals surface area contributed by atoms with Gasteiger partial charge in [-0.15, -0.1) is 11.6 Å². The van der Waals surface area contributed by atoms with Gasteiger partial charge in [-0.05, 0) is 37.3 Å². The lowest BCUT2D eigenvalue weighted by Crippen LogP contribution is -2.11. The Balaban J connectivity index is 2.48. The molecule has 0 aliphatic heterocycles. The van der Waals surface area contributed by atoms with E-state index in [0.717, 1.165) is 22.8 Å². The lowest BCUT2D eigenvalue weighted by Gasteiger charge is -2.16. The van der Waals surface area contributed by atoms with Crippen LogP contribution in [-0.4, -0.2) is 21.1 Å². The van der Waals surface area contributed by atoms with Gasteiger partial charge in [-0.25, -0.2) is 4.98 Å². The maximum Gasteiger partial charge on any atom is 0.125 e. The molecule has 0 spiro atoms. The van der Waals surface area contributed by atoms with Gasteiger partial charge in [-0.1, -0.05) is 13.0 Å². The van der Waals surface area contributed by atoms with Crippen molar-refractivity contribution >= 4 is 34.4 Å². The van der Waals surface area contributed by atoms with E-state index in [4.69, 9.17) is 11.6 Å². The van der Waals surface area contributed by atoms with Crippen molar-refractivity contribution in [1.29, 1.82) is 0 Å². The highest BCUT2D eigenvalue weighted by Gasteiger charge is 2.15. The summed E-state index contributed by atoms with van der Waals surface area (Å²) in [7, 11) is 0. The zero-order valence-corrected chi connectivity index (χ0v) is 12.7. The van der Waals surface area contributed by atoms with Crippen LogP contribution in [0.25, 0.3) is 11.0 Å². The molecule has 1 atom stereocenters. The van der Waals surface area contributed by atoms with Gasteiger partial charge in [0.25, 0.3) is 0 Å². The number of fused-ring (bicyclic) bond motifs is 1. The molecule has 1 aromatic carbocycles. The molecule has 98 valence electrons. The molecule has 0 amide bonds. The number of imidazole rings is 1. The average Bonchev–Trinajstić information content (AvgIpc) is 2.73. The molecule has 1 heterocycles. The zero-order chi connectivity index (χ0) is 13.1. The van der Waals surface area contributed by atoms with Gasteiger partial charge in [0.05, 0.1) is 16.9 Å². The fraction of sp³-hybridized carbons (Fsp3) is 0.500. The Morgan fingerprint density at radius 2 is 2.22 bits per heavy atom. The fourth-order valence-electron chi connectivity index (χ4n) is 2.20. The van der Waals surface area contributed by atoms with E-state index in [1.807, 2.05) is 11.8 Å². The summed E-state index contributed by atoms with van der Waals surface area (Å²) >= 11 is 7.99. The maximum absolute atomic E-state index is 6.03. The Morgan fingerprint density at radius 3 is 2.89 bits per heavy atom. The summed E-state index contributed by atoms with van der Waals surface area (Å²) in [5.74, 6) is 3.68. The van der Waals surface area contributed by atoms with Crippen LogP contribution in [0.2, 0.25) is 0 Å². The van der Waals surface area contributed by atoms with Crippen molar-refractivity contribution < 1.29 is 0 Å². The molecule has 0 aliphatic carbocycles. The number of hydrogen-bond acceptors (Lipinski definition) is 2. The molecule has 18 heavy (non-hydrogen) atoms. The second-order valence-corrected chi connectivity index (χ2v) is 6.12. The zero-order valence-electron chi connectivity index (χ0n) is 11.1. The van der Waals surface area contributed by atoms with E-state index in [1.54, 1.807) is 0 Å². The third-order valence-corrected chi connectivity index (χ3v) is 4.41. The molecule has 2 aromatic rings. The first kappa shape index (κ1) is 13.8. The van der Waals surface area contributed by atoms with Crippen LogP contribution >= 0.6 is 23.4 Å². The minimum absolute atomic E-state index is 0.426. The number of nitrogens with zero attached hydrogens (tertiary/aromatic N) is 2. The Labute approximate surface area is 118 Å². The van der Waals surface area contributed by atoms with E-state index < -0.39 is 0 Å². The van der Waals surface area contributed by atoms with Gasteiger partial charge < -0.3 is 4.57 Å².